The Hall–Kier alpha value is -0.730. The summed E-state index contributed by atoms with van der Waals surface area (Å²) in [6, 6.07) is 0. The smallest absolute Gasteiger partial charge is 0.431 e. The van der Waals surface area contributed by atoms with Crippen LogP contribution in [0, 0.1) is 6.92 Å². The monoisotopic (exact) mass is 201 g/mol. The first-order valence-corrected chi connectivity index (χ1v) is 5.30. The van der Waals surface area contributed by atoms with Crippen LogP contribution in [0.15, 0.2) is 0 Å². The zero-order chi connectivity index (χ0) is 11.0. The lowest BCUT2D eigenvalue weighted by atomic mass is 10.1. The number of ether oxygens (including phenoxy) is 2. The van der Waals surface area contributed by atoms with Gasteiger partial charge in [-0.1, -0.05) is 26.7 Å². The second-order valence-electron chi connectivity index (χ2n) is 3.47. The van der Waals surface area contributed by atoms with Gasteiger partial charge in [-0.15, -0.1) is 0 Å². The summed E-state index contributed by atoms with van der Waals surface area (Å²) in [5, 5.41) is 0. The maximum absolute atomic E-state index is 11.1. The minimum absolute atomic E-state index is 0.0128. The van der Waals surface area contributed by atoms with Gasteiger partial charge in [-0.2, -0.15) is 0 Å². The van der Waals surface area contributed by atoms with E-state index in [0.29, 0.717) is 0 Å². The van der Waals surface area contributed by atoms with Crippen LogP contribution in [0.25, 0.3) is 0 Å². The highest BCUT2D eigenvalue weighted by molar-refractivity contribution is 5.60. The third-order valence-electron chi connectivity index (χ3n) is 1.90. The van der Waals surface area contributed by atoms with Gasteiger partial charge in [0.1, 0.15) is 12.2 Å². The van der Waals surface area contributed by atoms with Crippen molar-refractivity contribution < 1.29 is 14.3 Å². The number of hydrogen-bond acceptors (Lipinski definition) is 3. The van der Waals surface area contributed by atoms with Crippen molar-refractivity contribution in [2.75, 3.05) is 0 Å². The predicted molar refractivity (Wildman–Crippen MR) is 56.0 cm³/mol. The zero-order valence-corrected chi connectivity index (χ0v) is 9.41. The van der Waals surface area contributed by atoms with Crippen molar-refractivity contribution in [1.29, 1.82) is 0 Å². The van der Waals surface area contributed by atoms with E-state index < -0.39 is 6.16 Å². The van der Waals surface area contributed by atoms with Gasteiger partial charge in [-0.05, 0) is 26.7 Å². The molecule has 1 radical (unpaired) electrons. The van der Waals surface area contributed by atoms with E-state index in [9.17, 15) is 4.79 Å². The molecule has 0 saturated heterocycles. The van der Waals surface area contributed by atoms with Crippen molar-refractivity contribution in [2.24, 2.45) is 0 Å². The van der Waals surface area contributed by atoms with E-state index in [-0.39, 0.29) is 12.2 Å². The highest BCUT2D eigenvalue weighted by Crippen LogP contribution is 2.09. The maximum atomic E-state index is 11.1. The minimum atomic E-state index is -0.601. The summed E-state index contributed by atoms with van der Waals surface area (Å²) in [5.74, 6) is 0. The molecule has 1 unspecified atom stereocenters. The first kappa shape index (κ1) is 13.3. The molecule has 0 bridgehead atoms. The maximum Gasteiger partial charge on any atom is 0.508 e. The van der Waals surface area contributed by atoms with Crippen LogP contribution in [0.4, 0.5) is 4.79 Å². The fourth-order valence-corrected chi connectivity index (χ4v) is 1.11. The van der Waals surface area contributed by atoms with Gasteiger partial charge in [-0.3, -0.25) is 0 Å². The molecule has 2 atom stereocenters. The van der Waals surface area contributed by atoms with Gasteiger partial charge in [0.2, 0.25) is 0 Å². The summed E-state index contributed by atoms with van der Waals surface area (Å²) in [4.78, 5) is 11.1. The number of hydrogen-bond donors (Lipinski definition) is 0. The first-order valence-electron chi connectivity index (χ1n) is 5.30. The fourth-order valence-electron chi connectivity index (χ4n) is 1.11. The topological polar surface area (TPSA) is 35.5 Å². The molecule has 83 valence electrons. The average molecular weight is 201 g/mol. The van der Waals surface area contributed by atoms with Crippen LogP contribution in [0.3, 0.4) is 0 Å². The van der Waals surface area contributed by atoms with E-state index in [0.717, 1.165) is 25.7 Å². The Kier molecular flexibility index (Phi) is 7.25. The van der Waals surface area contributed by atoms with Crippen LogP contribution in [-0.2, 0) is 9.47 Å². The largest absolute Gasteiger partial charge is 0.508 e. The highest BCUT2D eigenvalue weighted by Gasteiger charge is 2.13. The fraction of sp³-hybridized carbons (Fsp3) is 0.818. The molecule has 0 aliphatic rings. The van der Waals surface area contributed by atoms with Gasteiger partial charge in [0.25, 0.3) is 0 Å². The predicted octanol–water partition coefficient (Wildman–Crippen LogP) is 3.33. The lowest BCUT2D eigenvalue weighted by Gasteiger charge is -2.16. The zero-order valence-electron chi connectivity index (χ0n) is 9.41. The molecule has 0 N–H and O–H groups in total. The van der Waals surface area contributed by atoms with Crippen molar-refractivity contribution in [2.45, 2.75) is 58.7 Å². The Morgan fingerprint density at radius 3 is 2.43 bits per heavy atom. The van der Waals surface area contributed by atoms with E-state index in [1.165, 1.54) is 0 Å². The van der Waals surface area contributed by atoms with Gasteiger partial charge in [0, 0.05) is 0 Å². The van der Waals surface area contributed by atoms with Crippen molar-refractivity contribution in [3.63, 3.8) is 0 Å². The molecule has 14 heavy (non-hydrogen) atoms. The number of unbranched alkanes of at least 4 members (excludes halogenated alkanes) is 1. The molecule has 0 saturated carbocycles. The van der Waals surface area contributed by atoms with Crippen LogP contribution in [0.5, 0.6) is 0 Å². The summed E-state index contributed by atoms with van der Waals surface area (Å²) in [7, 11) is 0. The highest BCUT2D eigenvalue weighted by atomic mass is 16.7. The second-order valence-corrected chi connectivity index (χ2v) is 3.47. The molecule has 0 aromatic carbocycles. The average Bonchev–Trinajstić information content (AvgIpc) is 2.10. The molecule has 0 aliphatic heterocycles. The summed E-state index contributed by atoms with van der Waals surface area (Å²) >= 11 is 0. The molecular weight excluding hydrogens is 180 g/mol. The van der Waals surface area contributed by atoms with Crippen LogP contribution in [0.1, 0.15) is 46.5 Å². The lowest BCUT2D eigenvalue weighted by molar-refractivity contribution is 0.00818. The van der Waals surface area contributed by atoms with E-state index in [1.54, 1.807) is 6.92 Å². The van der Waals surface area contributed by atoms with Crippen LogP contribution < -0.4 is 0 Å². The van der Waals surface area contributed by atoms with Gasteiger partial charge in [0.15, 0.2) is 0 Å². The third kappa shape index (κ3) is 6.75. The number of carbonyl (C=O) groups is 1. The summed E-state index contributed by atoms with van der Waals surface area (Å²) in [6.45, 7) is 9.37. The van der Waals surface area contributed by atoms with E-state index in [4.69, 9.17) is 9.47 Å². The molecule has 0 aromatic heterocycles. The molecule has 0 heterocycles. The minimum Gasteiger partial charge on any atom is -0.431 e. The molecular formula is C11H21O3. The quantitative estimate of drug-likeness (QED) is 0.618. The molecule has 0 rings (SSSR count). The van der Waals surface area contributed by atoms with Gasteiger partial charge in [0.05, 0.1) is 0 Å². The summed E-state index contributed by atoms with van der Waals surface area (Å²) in [6.07, 6.45) is 2.96. The van der Waals surface area contributed by atoms with E-state index in [1.807, 2.05) is 6.92 Å². The SMILES string of the molecule is [CH2][C@@H](C)OC(=O)OC(CC)CCCC. The first-order chi connectivity index (χ1) is 6.60. The Morgan fingerprint density at radius 1 is 1.36 bits per heavy atom. The number of rotatable bonds is 6. The lowest BCUT2D eigenvalue weighted by Crippen LogP contribution is -2.20. The third-order valence-corrected chi connectivity index (χ3v) is 1.90. The van der Waals surface area contributed by atoms with Crippen molar-refractivity contribution in [3.8, 4) is 0 Å². The van der Waals surface area contributed by atoms with E-state index in [2.05, 4.69) is 13.8 Å². The normalized spacial score (nSPS) is 12.6. The van der Waals surface area contributed by atoms with Crippen molar-refractivity contribution in [1.82, 2.24) is 0 Å². The van der Waals surface area contributed by atoms with Crippen molar-refractivity contribution >= 4 is 6.16 Å². The molecule has 0 amide bonds. The second kappa shape index (κ2) is 7.65. The summed E-state index contributed by atoms with van der Waals surface area (Å²) < 4.78 is 9.90. The Labute approximate surface area is 86.8 Å². The molecule has 0 aliphatic carbocycles. The molecule has 0 aromatic rings. The molecule has 3 heteroatoms. The Morgan fingerprint density at radius 2 is 2.00 bits per heavy atom. The van der Waals surface area contributed by atoms with Gasteiger partial charge >= 0.3 is 6.16 Å². The number of carbonyl (C=O) groups excluding carboxylic acids is 1. The molecule has 3 nitrogen and oxygen atoms in total. The van der Waals surface area contributed by atoms with Crippen molar-refractivity contribution in [3.05, 3.63) is 6.92 Å². The van der Waals surface area contributed by atoms with Crippen LogP contribution in [-0.4, -0.2) is 18.4 Å². The Bertz CT molecular complexity index is 155. The molecule has 0 spiro atoms. The van der Waals surface area contributed by atoms with Crippen LogP contribution in [0.2, 0.25) is 0 Å². The van der Waals surface area contributed by atoms with Gasteiger partial charge < -0.3 is 9.47 Å². The Balaban J connectivity index is 3.74. The molecule has 0 fully saturated rings. The van der Waals surface area contributed by atoms with Crippen LogP contribution >= 0.6 is 0 Å². The summed E-state index contributed by atoms with van der Waals surface area (Å²) in [5.41, 5.74) is 0. The van der Waals surface area contributed by atoms with Gasteiger partial charge in [-0.25, -0.2) is 4.79 Å². The standard InChI is InChI=1S/C11H21O3/c1-5-7-8-10(6-2)14-11(12)13-9(3)4/h9-10H,3,5-8H2,1-2,4H3/t9-,10?/m0/s1. The van der Waals surface area contributed by atoms with E-state index >= 15 is 0 Å².